The first-order chi connectivity index (χ1) is 15.0. The van der Waals surface area contributed by atoms with Gasteiger partial charge in [-0.15, -0.1) is 0 Å². The van der Waals surface area contributed by atoms with Gasteiger partial charge in [0, 0.05) is 31.7 Å². The van der Waals surface area contributed by atoms with Gasteiger partial charge in [0.05, 0.1) is 10.7 Å². The maximum atomic E-state index is 13.4. The summed E-state index contributed by atoms with van der Waals surface area (Å²) in [6, 6.07) is 2.37. The minimum Gasteiger partial charge on any atom is -0.383 e. The average molecular weight is 474 g/mol. The van der Waals surface area contributed by atoms with E-state index in [1.807, 2.05) is 0 Å². The molecule has 2 fully saturated rings. The number of anilines is 2. The highest BCUT2D eigenvalue weighted by molar-refractivity contribution is 6.31. The quantitative estimate of drug-likeness (QED) is 0.644. The van der Waals surface area contributed by atoms with Crippen molar-refractivity contribution in [1.82, 2.24) is 14.7 Å². The van der Waals surface area contributed by atoms with Crippen LogP contribution >= 0.6 is 11.6 Å². The first-order valence-electron chi connectivity index (χ1n) is 10.3. The van der Waals surface area contributed by atoms with Gasteiger partial charge < -0.3 is 11.1 Å². The number of hydrogen-bond donors (Lipinski definition) is 2. The van der Waals surface area contributed by atoms with Crippen molar-refractivity contribution in [2.24, 2.45) is 18.9 Å². The highest BCUT2D eigenvalue weighted by Crippen LogP contribution is 2.48. The molecule has 2 aliphatic rings. The van der Waals surface area contributed by atoms with Gasteiger partial charge in [0.1, 0.15) is 23.2 Å². The van der Waals surface area contributed by atoms with Crippen molar-refractivity contribution in [3.63, 3.8) is 0 Å². The van der Waals surface area contributed by atoms with E-state index >= 15 is 0 Å². The molecular formula is C21H24ClF4N5O. The lowest BCUT2D eigenvalue weighted by Crippen LogP contribution is -2.42. The maximum Gasteiger partial charge on any atom is 0.403 e. The lowest BCUT2D eigenvalue weighted by molar-refractivity contribution is -0.176. The number of halogens is 5. The molecule has 3 atom stereocenters. The van der Waals surface area contributed by atoms with Crippen LogP contribution in [-0.4, -0.2) is 45.9 Å². The summed E-state index contributed by atoms with van der Waals surface area (Å²) in [6.07, 6.45) is -2.96. The summed E-state index contributed by atoms with van der Waals surface area (Å²) < 4.78 is 54.1. The fraction of sp³-hybridized carbons (Fsp3) is 0.524. The third-order valence-electron chi connectivity index (χ3n) is 6.71. The molecule has 1 saturated heterocycles. The van der Waals surface area contributed by atoms with Crippen LogP contribution in [0.5, 0.6) is 0 Å². The van der Waals surface area contributed by atoms with Gasteiger partial charge in [-0.25, -0.2) is 4.39 Å². The van der Waals surface area contributed by atoms with E-state index in [1.54, 1.807) is 7.05 Å². The first kappa shape index (κ1) is 22.8. The van der Waals surface area contributed by atoms with Crippen LogP contribution in [0.15, 0.2) is 18.2 Å². The molecule has 0 spiro atoms. The van der Waals surface area contributed by atoms with Gasteiger partial charge in [0.2, 0.25) is 0 Å². The minimum atomic E-state index is -4.25. The third kappa shape index (κ3) is 4.17. The summed E-state index contributed by atoms with van der Waals surface area (Å²) in [5.41, 5.74) is 7.22. The number of aryl methyl sites for hydroxylation is 1. The van der Waals surface area contributed by atoms with Crippen molar-refractivity contribution in [1.29, 1.82) is 0 Å². The maximum absolute atomic E-state index is 13.4. The van der Waals surface area contributed by atoms with E-state index in [9.17, 15) is 22.4 Å². The molecule has 11 heteroatoms. The Bertz CT molecular complexity index is 1030. The largest absolute Gasteiger partial charge is 0.403 e. The van der Waals surface area contributed by atoms with E-state index in [-0.39, 0.29) is 34.2 Å². The van der Waals surface area contributed by atoms with Crippen LogP contribution in [0.25, 0.3) is 0 Å². The number of likely N-dealkylation sites (tertiary alicyclic amines) is 1. The number of nitrogens with zero attached hydrogens (tertiary/aromatic N) is 3. The Morgan fingerprint density at radius 3 is 2.47 bits per heavy atom. The number of amides is 1. The Morgan fingerprint density at radius 1 is 1.28 bits per heavy atom. The molecule has 0 bridgehead atoms. The predicted molar refractivity (Wildman–Crippen MR) is 113 cm³/mol. The average Bonchev–Trinajstić information content (AvgIpc) is 3.35. The second-order valence-corrected chi connectivity index (χ2v) is 9.12. The van der Waals surface area contributed by atoms with E-state index in [1.165, 1.54) is 28.6 Å². The van der Waals surface area contributed by atoms with Crippen molar-refractivity contribution in [3.8, 4) is 0 Å². The smallest absolute Gasteiger partial charge is 0.383 e. The van der Waals surface area contributed by atoms with Crippen LogP contribution in [0.3, 0.4) is 0 Å². The Labute approximate surface area is 187 Å². The molecule has 2 heterocycles. The van der Waals surface area contributed by atoms with Crippen LogP contribution in [0.2, 0.25) is 5.02 Å². The number of nitrogen functional groups attached to an aromatic ring is 1. The van der Waals surface area contributed by atoms with Crippen molar-refractivity contribution < 1.29 is 22.4 Å². The zero-order valence-electron chi connectivity index (χ0n) is 17.6. The van der Waals surface area contributed by atoms with E-state index in [0.717, 1.165) is 6.07 Å². The van der Waals surface area contributed by atoms with Gasteiger partial charge in [-0.05, 0) is 49.8 Å². The second kappa shape index (κ2) is 8.22. The van der Waals surface area contributed by atoms with Crippen LogP contribution in [0, 0.1) is 17.7 Å². The number of carbonyl (C=O) groups is 1. The molecule has 32 heavy (non-hydrogen) atoms. The number of nitrogens with one attached hydrogen (secondary N) is 1. The van der Waals surface area contributed by atoms with Gasteiger partial charge in [-0.1, -0.05) is 11.6 Å². The molecule has 174 valence electrons. The topological polar surface area (TPSA) is 76.2 Å². The first-order valence-corrected chi connectivity index (χ1v) is 10.7. The summed E-state index contributed by atoms with van der Waals surface area (Å²) in [4.78, 5) is 14.5. The summed E-state index contributed by atoms with van der Waals surface area (Å²) in [5.74, 6) is -0.750. The highest BCUT2D eigenvalue weighted by Gasteiger charge is 2.49. The van der Waals surface area contributed by atoms with Gasteiger partial charge in [0.25, 0.3) is 5.91 Å². The SMILES string of the molecule is CC(N1CC2CC(c3nn(C)c(N)c3C(=O)Nc3ccc(F)c(Cl)c3)CC2C1)C(F)(F)F. The predicted octanol–water partition coefficient (Wildman–Crippen LogP) is 4.42. The Balaban J connectivity index is 1.51. The molecule has 3 unspecified atom stereocenters. The number of rotatable bonds is 4. The molecule has 1 aromatic heterocycles. The molecule has 1 amide bonds. The van der Waals surface area contributed by atoms with Gasteiger partial charge >= 0.3 is 6.18 Å². The molecule has 0 radical (unpaired) electrons. The van der Waals surface area contributed by atoms with E-state index in [0.29, 0.717) is 37.3 Å². The zero-order valence-corrected chi connectivity index (χ0v) is 18.3. The van der Waals surface area contributed by atoms with Crippen molar-refractivity contribution in [3.05, 3.63) is 40.3 Å². The molecule has 1 aromatic carbocycles. The zero-order chi connectivity index (χ0) is 23.4. The molecule has 6 nitrogen and oxygen atoms in total. The number of alkyl halides is 3. The molecule has 4 rings (SSSR count). The molecule has 1 saturated carbocycles. The Kier molecular flexibility index (Phi) is 5.87. The molecule has 3 N–H and O–H groups in total. The normalized spacial score (nSPS) is 24.5. The monoisotopic (exact) mass is 473 g/mol. The van der Waals surface area contributed by atoms with Gasteiger partial charge in [-0.2, -0.15) is 18.3 Å². The van der Waals surface area contributed by atoms with Crippen LogP contribution in [-0.2, 0) is 7.05 Å². The number of nitrogens with two attached hydrogens (primary N) is 1. The van der Waals surface area contributed by atoms with Crippen LogP contribution < -0.4 is 11.1 Å². The lowest BCUT2D eigenvalue weighted by atomic mass is 9.97. The Morgan fingerprint density at radius 2 is 1.91 bits per heavy atom. The van der Waals surface area contributed by atoms with E-state index < -0.39 is 23.9 Å². The van der Waals surface area contributed by atoms with Crippen LogP contribution in [0.4, 0.5) is 29.1 Å². The number of aromatic nitrogens is 2. The molecular weight excluding hydrogens is 450 g/mol. The van der Waals surface area contributed by atoms with Crippen molar-refractivity contribution in [2.75, 3.05) is 24.1 Å². The van der Waals surface area contributed by atoms with Gasteiger partial charge in [-0.3, -0.25) is 14.4 Å². The Hall–Kier alpha value is -2.33. The summed E-state index contributed by atoms with van der Waals surface area (Å²) in [5, 5.41) is 7.01. The number of hydrogen-bond acceptors (Lipinski definition) is 4. The fourth-order valence-electron chi connectivity index (χ4n) is 4.93. The fourth-order valence-corrected chi connectivity index (χ4v) is 5.11. The summed E-state index contributed by atoms with van der Waals surface area (Å²) in [6.45, 7) is 1.95. The highest BCUT2D eigenvalue weighted by atomic mass is 35.5. The van der Waals surface area contributed by atoms with Crippen LogP contribution in [0.1, 0.15) is 41.7 Å². The minimum absolute atomic E-state index is 0.0746. The third-order valence-corrected chi connectivity index (χ3v) is 7.00. The van der Waals surface area contributed by atoms with Crippen molar-refractivity contribution >= 4 is 29.0 Å². The summed E-state index contributed by atoms with van der Waals surface area (Å²) in [7, 11) is 1.63. The van der Waals surface area contributed by atoms with Crippen molar-refractivity contribution in [2.45, 2.75) is 37.9 Å². The summed E-state index contributed by atoms with van der Waals surface area (Å²) >= 11 is 5.79. The van der Waals surface area contributed by atoms with Gasteiger partial charge in [0.15, 0.2) is 0 Å². The lowest BCUT2D eigenvalue weighted by Gasteiger charge is -2.27. The number of fused-ring (bicyclic) bond motifs is 1. The standard InChI is InChI=1S/C21H24ClF4N5O/c1-10(21(24,25)26)31-8-12-5-11(6-13(12)9-31)18-17(19(27)30(2)29-18)20(32)28-14-3-4-16(23)15(22)7-14/h3-4,7,10-13H,5-6,8-9,27H2,1-2H3,(H,28,32). The number of benzene rings is 1. The van der Waals surface area contributed by atoms with E-state index in [4.69, 9.17) is 17.3 Å². The molecule has 1 aliphatic heterocycles. The molecule has 1 aliphatic carbocycles. The van der Waals surface area contributed by atoms with E-state index in [2.05, 4.69) is 10.4 Å². The number of carbonyl (C=O) groups excluding carboxylic acids is 1. The molecule has 2 aromatic rings. The second-order valence-electron chi connectivity index (χ2n) is 8.71.